The number of aryl methyl sites for hydroxylation is 1. The Labute approximate surface area is 127 Å². The van der Waals surface area contributed by atoms with Crippen molar-refractivity contribution in [3.8, 4) is 5.75 Å². The summed E-state index contributed by atoms with van der Waals surface area (Å²) in [6.07, 6.45) is 1.45. The normalized spacial score (nSPS) is 12.9. The Balaban J connectivity index is 2.31. The lowest BCUT2D eigenvalue weighted by atomic mass is 10.2. The highest BCUT2D eigenvalue weighted by Crippen LogP contribution is 2.44. The molecular weight excluding hydrogens is 279 g/mol. The second kappa shape index (κ2) is 6.95. The predicted octanol–water partition coefficient (Wildman–Crippen LogP) is 4.78. The molecule has 0 aliphatic rings. The third-order valence-corrected chi connectivity index (χ3v) is 6.42. The molecule has 2 aromatic carbocycles. The molecule has 2 aromatic rings. The van der Waals surface area contributed by atoms with Crippen molar-refractivity contribution in [3.05, 3.63) is 60.2 Å². The van der Waals surface area contributed by atoms with Crippen molar-refractivity contribution >= 4 is 13.1 Å². The van der Waals surface area contributed by atoms with Crippen molar-refractivity contribution < 1.29 is 9.30 Å². The van der Waals surface area contributed by atoms with Gasteiger partial charge in [0, 0.05) is 5.30 Å². The van der Waals surface area contributed by atoms with Gasteiger partial charge >= 0.3 is 0 Å². The van der Waals surface area contributed by atoms with Gasteiger partial charge in [0.05, 0.1) is 0 Å². The van der Waals surface area contributed by atoms with Crippen LogP contribution >= 0.6 is 7.80 Å². The smallest absolute Gasteiger partial charge is 0.162 e. The van der Waals surface area contributed by atoms with E-state index in [1.54, 1.807) is 0 Å². The first kappa shape index (κ1) is 15.9. The predicted molar refractivity (Wildman–Crippen MR) is 90.2 cm³/mol. The molecule has 0 saturated carbocycles. The number of hydrogen-bond donors (Lipinski definition) is 0. The number of hydrogen-bond acceptors (Lipinski definition) is 2. The van der Waals surface area contributed by atoms with E-state index in [0.29, 0.717) is 0 Å². The zero-order chi connectivity index (χ0) is 15.3. The first-order valence-corrected chi connectivity index (χ1v) is 8.87. The van der Waals surface area contributed by atoms with Gasteiger partial charge < -0.3 is 9.30 Å². The zero-order valence-corrected chi connectivity index (χ0v) is 13.9. The minimum absolute atomic E-state index is 0.610. The largest absolute Gasteiger partial charge is 0.480 e. The fourth-order valence-electron chi connectivity index (χ4n) is 2.45. The minimum Gasteiger partial charge on any atom is -0.480 e. The van der Waals surface area contributed by atoms with E-state index in [-0.39, 0.29) is 0 Å². The van der Waals surface area contributed by atoms with Gasteiger partial charge in [0.1, 0.15) is 13.6 Å². The van der Waals surface area contributed by atoms with Gasteiger partial charge in [-0.2, -0.15) is 0 Å². The first-order chi connectivity index (χ1) is 10.1. The van der Waals surface area contributed by atoms with E-state index < -0.39 is 13.1 Å². The van der Waals surface area contributed by atoms with E-state index in [4.69, 9.17) is 4.74 Å². The Bertz CT molecular complexity index is 586. The summed E-state index contributed by atoms with van der Waals surface area (Å²) in [4.78, 5) is 0. The van der Waals surface area contributed by atoms with Crippen molar-refractivity contribution in [2.24, 2.45) is 0 Å². The quantitative estimate of drug-likeness (QED) is 0.718. The molecule has 0 bridgehead atoms. The van der Waals surface area contributed by atoms with Crippen molar-refractivity contribution in [2.75, 3.05) is 0 Å². The van der Waals surface area contributed by atoms with Gasteiger partial charge in [-0.15, -0.1) is 0 Å². The maximum absolute atomic E-state index is 13.1. The lowest BCUT2D eigenvalue weighted by molar-refractivity contribution is 0.147. The molecule has 0 heterocycles. The van der Waals surface area contributed by atoms with E-state index in [0.717, 1.165) is 23.9 Å². The van der Waals surface area contributed by atoms with Gasteiger partial charge in [0.2, 0.25) is 0 Å². The van der Waals surface area contributed by atoms with Gasteiger partial charge in [-0.3, -0.25) is 0 Å². The molecule has 2 nitrogen and oxygen atoms in total. The fraction of sp³-hybridized carbons (Fsp3) is 0.333. The average molecular weight is 302 g/mol. The fourth-order valence-corrected chi connectivity index (χ4v) is 4.32. The topological polar surface area (TPSA) is 26.3 Å². The minimum atomic E-state index is -2.05. The highest BCUT2D eigenvalue weighted by molar-refractivity contribution is 7.55. The second-order valence-electron chi connectivity index (χ2n) is 5.31. The van der Waals surface area contributed by atoms with Gasteiger partial charge in [-0.1, -0.05) is 61.9 Å². The lowest BCUT2D eigenvalue weighted by Gasteiger charge is -2.32. The van der Waals surface area contributed by atoms with E-state index in [9.17, 15) is 4.57 Å². The number of benzene rings is 2. The first-order valence-electron chi connectivity index (χ1n) is 7.47. The molecule has 2 rings (SSSR count). The molecule has 0 radical (unpaired) electrons. The van der Waals surface area contributed by atoms with Crippen molar-refractivity contribution in [2.45, 2.75) is 39.0 Å². The summed E-state index contributed by atoms with van der Waals surface area (Å²) in [5.41, 5.74) is 1.19. The van der Waals surface area contributed by atoms with Crippen LogP contribution in [0.15, 0.2) is 54.6 Å². The zero-order valence-electron chi connectivity index (χ0n) is 12.9. The highest BCUT2D eigenvalue weighted by Gasteiger charge is 2.36. The summed E-state index contributed by atoms with van der Waals surface area (Å²) in [5.74, 6) is 0.790. The Hall–Kier alpha value is -1.53. The summed E-state index contributed by atoms with van der Waals surface area (Å²) >= 11 is 0. The Kier molecular flexibility index (Phi) is 5.25. The molecule has 0 aromatic heterocycles. The average Bonchev–Trinajstić information content (AvgIpc) is 2.55. The monoisotopic (exact) mass is 302 g/mol. The molecule has 0 spiro atoms. The Morgan fingerprint density at radius 1 is 0.952 bits per heavy atom. The van der Waals surface area contributed by atoms with E-state index >= 15 is 0 Å². The Morgan fingerprint density at radius 2 is 1.52 bits per heavy atom. The van der Waals surface area contributed by atoms with Crippen LogP contribution in [0.1, 0.15) is 32.3 Å². The SMILES string of the molecule is CCC(CC)(Oc1ccc(C)cc1)[PH](=O)c1ccccc1. The third-order valence-electron chi connectivity index (χ3n) is 3.93. The molecule has 0 aliphatic carbocycles. The lowest BCUT2D eigenvalue weighted by Crippen LogP contribution is -2.33. The van der Waals surface area contributed by atoms with Crippen molar-refractivity contribution in [1.29, 1.82) is 0 Å². The van der Waals surface area contributed by atoms with Gasteiger partial charge in [-0.05, 0) is 31.9 Å². The molecule has 0 saturated heterocycles. The highest BCUT2D eigenvalue weighted by atomic mass is 31.1. The van der Waals surface area contributed by atoms with Crippen LogP contribution in [0.3, 0.4) is 0 Å². The van der Waals surface area contributed by atoms with Crippen LogP contribution in [0.25, 0.3) is 0 Å². The van der Waals surface area contributed by atoms with E-state index in [1.807, 2.05) is 75.4 Å². The maximum atomic E-state index is 13.1. The van der Waals surface area contributed by atoms with Crippen LogP contribution in [0.2, 0.25) is 0 Å². The molecule has 0 N–H and O–H groups in total. The summed E-state index contributed by atoms with van der Waals surface area (Å²) in [7, 11) is -2.05. The van der Waals surface area contributed by atoms with Crippen LogP contribution in [-0.4, -0.2) is 5.34 Å². The number of ether oxygens (including phenoxy) is 1. The van der Waals surface area contributed by atoms with Gasteiger partial charge in [0.15, 0.2) is 5.34 Å². The molecule has 0 aliphatic heterocycles. The van der Waals surface area contributed by atoms with Crippen LogP contribution < -0.4 is 10.0 Å². The van der Waals surface area contributed by atoms with Crippen LogP contribution in [0.4, 0.5) is 0 Å². The van der Waals surface area contributed by atoms with Crippen LogP contribution in [0, 0.1) is 6.92 Å². The number of rotatable bonds is 6. The maximum Gasteiger partial charge on any atom is 0.162 e. The summed E-state index contributed by atoms with van der Waals surface area (Å²) in [6, 6.07) is 17.6. The van der Waals surface area contributed by atoms with Crippen LogP contribution in [0.5, 0.6) is 5.75 Å². The van der Waals surface area contributed by atoms with E-state index in [2.05, 4.69) is 0 Å². The van der Waals surface area contributed by atoms with E-state index in [1.165, 1.54) is 5.56 Å². The summed E-state index contributed by atoms with van der Waals surface area (Å²) in [5, 5.41) is 0.277. The second-order valence-corrected chi connectivity index (χ2v) is 7.46. The summed E-state index contributed by atoms with van der Waals surface area (Å²) in [6.45, 7) is 6.13. The molecule has 3 heteroatoms. The summed E-state index contributed by atoms with van der Waals surface area (Å²) < 4.78 is 19.3. The molecule has 1 unspecified atom stereocenters. The third kappa shape index (κ3) is 3.57. The molecule has 0 fully saturated rings. The van der Waals surface area contributed by atoms with Gasteiger partial charge in [0.25, 0.3) is 0 Å². The molecule has 0 amide bonds. The standard InChI is InChI=1S/C18H23O2P/c1-4-18(5-2,20-16-13-11-15(3)12-14-16)21(19)17-9-7-6-8-10-17/h6-14,21H,4-5H2,1-3H3. The molecule has 21 heavy (non-hydrogen) atoms. The Morgan fingerprint density at radius 3 is 2.05 bits per heavy atom. The molecule has 112 valence electrons. The van der Waals surface area contributed by atoms with Gasteiger partial charge in [-0.25, -0.2) is 0 Å². The van der Waals surface area contributed by atoms with Crippen LogP contribution in [-0.2, 0) is 4.57 Å². The van der Waals surface area contributed by atoms with Crippen molar-refractivity contribution in [1.82, 2.24) is 0 Å². The molecule has 1 atom stereocenters. The van der Waals surface area contributed by atoms with Crippen molar-refractivity contribution in [3.63, 3.8) is 0 Å². The molecular formula is C18H23O2P.